The van der Waals surface area contributed by atoms with Crippen LogP contribution in [0.3, 0.4) is 0 Å². The fourth-order valence-electron chi connectivity index (χ4n) is 1.87. The quantitative estimate of drug-likeness (QED) is 0.911. The number of rotatable bonds is 4. The van der Waals surface area contributed by atoms with Gasteiger partial charge < -0.3 is 5.11 Å². The van der Waals surface area contributed by atoms with Crippen LogP contribution in [0.4, 0.5) is 5.69 Å². The molecule has 1 aromatic carbocycles. The maximum atomic E-state index is 12.4. The highest BCUT2D eigenvalue weighted by Crippen LogP contribution is 2.28. The highest BCUT2D eigenvalue weighted by atomic mass is 32.2. The molecular formula is C13H15NO3S2. The third-order valence-electron chi connectivity index (χ3n) is 2.67. The standard InChI is InChI=1S/C13H15NO3S2/c1-9-4-3-5-11(6-9)14-19(16,17)13-10(2)8-18-12(13)7-15/h3-6,8,14-15H,7H2,1-2H3. The molecule has 0 atom stereocenters. The molecule has 102 valence electrons. The maximum absolute atomic E-state index is 12.4. The molecule has 0 radical (unpaired) electrons. The van der Waals surface area contributed by atoms with E-state index in [0.717, 1.165) is 5.56 Å². The summed E-state index contributed by atoms with van der Waals surface area (Å²) in [6.45, 7) is 3.34. The van der Waals surface area contributed by atoms with E-state index < -0.39 is 10.0 Å². The van der Waals surface area contributed by atoms with Gasteiger partial charge in [-0.1, -0.05) is 12.1 Å². The second-order valence-electron chi connectivity index (χ2n) is 4.30. The number of anilines is 1. The van der Waals surface area contributed by atoms with E-state index >= 15 is 0 Å². The Morgan fingerprint density at radius 3 is 2.68 bits per heavy atom. The second kappa shape index (κ2) is 5.32. The molecular weight excluding hydrogens is 282 g/mol. The van der Waals surface area contributed by atoms with E-state index in [2.05, 4.69) is 4.72 Å². The molecule has 0 saturated heterocycles. The van der Waals surface area contributed by atoms with E-state index in [-0.39, 0.29) is 11.5 Å². The highest BCUT2D eigenvalue weighted by molar-refractivity contribution is 7.93. The average Bonchev–Trinajstić information content (AvgIpc) is 2.70. The van der Waals surface area contributed by atoms with Gasteiger partial charge in [-0.3, -0.25) is 4.72 Å². The molecule has 2 aromatic rings. The fourth-order valence-corrected chi connectivity index (χ4v) is 4.59. The molecule has 6 heteroatoms. The van der Waals surface area contributed by atoms with Crippen molar-refractivity contribution in [2.24, 2.45) is 0 Å². The van der Waals surface area contributed by atoms with Gasteiger partial charge >= 0.3 is 0 Å². The van der Waals surface area contributed by atoms with Crippen molar-refractivity contribution in [1.82, 2.24) is 0 Å². The van der Waals surface area contributed by atoms with E-state index in [1.807, 2.05) is 13.0 Å². The zero-order valence-corrected chi connectivity index (χ0v) is 12.3. The molecule has 2 N–H and O–H groups in total. The summed E-state index contributed by atoms with van der Waals surface area (Å²) in [5.74, 6) is 0. The number of aryl methyl sites for hydroxylation is 2. The zero-order valence-electron chi connectivity index (χ0n) is 10.7. The predicted octanol–water partition coefficient (Wildman–Crippen LogP) is 2.66. The first kappa shape index (κ1) is 14.0. The molecule has 4 nitrogen and oxygen atoms in total. The number of hydrogen-bond donors (Lipinski definition) is 2. The minimum atomic E-state index is -3.66. The molecule has 0 unspecified atom stereocenters. The van der Waals surface area contributed by atoms with Crippen LogP contribution in [0.5, 0.6) is 0 Å². The number of nitrogens with one attached hydrogen (secondary N) is 1. The lowest BCUT2D eigenvalue weighted by Crippen LogP contribution is -2.15. The number of aliphatic hydroxyl groups is 1. The van der Waals surface area contributed by atoms with Gasteiger partial charge in [-0.15, -0.1) is 11.3 Å². The molecule has 0 aliphatic carbocycles. The first-order chi connectivity index (χ1) is 8.94. The molecule has 0 spiro atoms. The Balaban J connectivity index is 2.40. The van der Waals surface area contributed by atoms with Crippen molar-refractivity contribution in [2.75, 3.05) is 4.72 Å². The van der Waals surface area contributed by atoms with Crippen LogP contribution in [0.25, 0.3) is 0 Å². The van der Waals surface area contributed by atoms with Crippen LogP contribution >= 0.6 is 11.3 Å². The average molecular weight is 297 g/mol. The Labute approximate surface area is 116 Å². The summed E-state index contributed by atoms with van der Waals surface area (Å²) in [6.07, 6.45) is 0. The largest absolute Gasteiger partial charge is 0.391 e. The van der Waals surface area contributed by atoms with Crippen molar-refractivity contribution >= 4 is 27.0 Å². The second-order valence-corrected chi connectivity index (χ2v) is 6.89. The molecule has 2 rings (SSSR count). The van der Waals surface area contributed by atoms with Crippen LogP contribution in [-0.2, 0) is 16.6 Å². The summed E-state index contributed by atoms with van der Waals surface area (Å²) in [5.41, 5.74) is 2.15. The molecule has 0 fully saturated rings. The van der Waals surface area contributed by atoms with Gasteiger partial charge in [0.05, 0.1) is 11.5 Å². The molecule has 1 aromatic heterocycles. The van der Waals surface area contributed by atoms with Crippen molar-refractivity contribution in [3.8, 4) is 0 Å². The lowest BCUT2D eigenvalue weighted by Gasteiger charge is -2.10. The number of hydrogen-bond acceptors (Lipinski definition) is 4. The lowest BCUT2D eigenvalue weighted by atomic mass is 10.2. The van der Waals surface area contributed by atoms with Gasteiger partial charge in [0.2, 0.25) is 0 Å². The van der Waals surface area contributed by atoms with E-state index in [9.17, 15) is 13.5 Å². The summed E-state index contributed by atoms with van der Waals surface area (Å²) < 4.78 is 27.3. The minimum absolute atomic E-state index is 0.182. The first-order valence-corrected chi connectivity index (χ1v) is 8.07. The van der Waals surface area contributed by atoms with Crippen LogP contribution in [0.15, 0.2) is 34.5 Å². The fraction of sp³-hybridized carbons (Fsp3) is 0.231. The van der Waals surface area contributed by atoms with E-state index in [0.29, 0.717) is 16.1 Å². The summed E-state index contributed by atoms with van der Waals surface area (Å²) >= 11 is 1.25. The summed E-state index contributed by atoms with van der Waals surface area (Å²) in [6, 6.07) is 7.15. The molecule has 19 heavy (non-hydrogen) atoms. The molecule has 0 bridgehead atoms. The summed E-state index contributed by atoms with van der Waals surface area (Å²) in [5, 5.41) is 11.0. The number of sulfonamides is 1. The Bertz CT molecular complexity index is 690. The third kappa shape index (κ3) is 2.97. The summed E-state index contributed by atoms with van der Waals surface area (Å²) in [4.78, 5) is 0.638. The molecule has 0 aliphatic heterocycles. The Morgan fingerprint density at radius 1 is 1.32 bits per heavy atom. The van der Waals surface area contributed by atoms with Crippen molar-refractivity contribution in [3.05, 3.63) is 45.6 Å². The van der Waals surface area contributed by atoms with Crippen molar-refractivity contribution in [2.45, 2.75) is 25.3 Å². The van der Waals surface area contributed by atoms with Gasteiger partial charge in [0.25, 0.3) is 10.0 Å². The topological polar surface area (TPSA) is 66.4 Å². The Hall–Kier alpha value is -1.37. The third-order valence-corrected chi connectivity index (χ3v) is 5.50. The van der Waals surface area contributed by atoms with Crippen LogP contribution in [0.2, 0.25) is 0 Å². The zero-order chi connectivity index (χ0) is 14.0. The SMILES string of the molecule is Cc1cccc(NS(=O)(=O)c2c(C)csc2CO)c1. The van der Waals surface area contributed by atoms with Crippen LogP contribution < -0.4 is 4.72 Å². The molecule has 0 aliphatic rings. The molecule has 0 saturated carbocycles. The van der Waals surface area contributed by atoms with Crippen molar-refractivity contribution in [3.63, 3.8) is 0 Å². The van der Waals surface area contributed by atoms with E-state index in [1.165, 1.54) is 11.3 Å². The number of aliphatic hydroxyl groups excluding tert-OH is 1. The molecule has 0 amide bonds. The van der Waals surface area contributed by atoms with Gasteiger partial charge in [0.1, 0.15) is 4.90 Å². The van der Waals surface area contributed by atoms with Gasteiger partial charge in [-0.2, -0.15) is 0 Å². The maximum Gasteiger partial charge on any atom is 0.263 e. The monoisotopic (exact) mass is 297 g/mol. The smallest absolute Gasteiger partial charge is 0.263 e. The summed E-state index contributed by atoms with van der Waals surface area (Å²) in [7, 11) is -3.66. The van der Waals surface area contributed by atoms with Crippen LogP contribution in [0.1, 0.15) is 16.0 Å². The van der Waals surface area contributed by atoms with Gasteiger partial charge in [0.15, 0.2) is 0 Å². The predicted molar refractivity (Wildman–Crippen MR) is 77.0 cm³/mol. The van der Waals surface area contributed by atoms with Crippen LogP contribution in [0, 0.1) is 13.8 Å². The van der Waals surface area contributed by atoms with Crippen LogP contribution in [-0.4, -0.2) is 13.5 Å². The number of benzene rings is 1. The van der Waals surface area contributed by atoms with E-state index in [4.69, 9.17) is 0 Å². The minimum Gasteiger partial charge on any atom is -0.391 e. The Morgan fingerprint density at radius 2 is 2.05 bits per heavy atom. The van der Waals surface area contributed by atoms with Gasteiger partial charge in [0, 0.05) is 5.69 Å². The normalized spacial score (nSPS) is 11.5. The first-order valence-electron chi connectivity index (χ1n) is 5.71. The van der Waals surface area contributed by atoms with Crippen molar-refractivity contribution < 1.29 is 13.5 Å². The lowest BCUT2D eigenvalue weighted by molar-refractivity contribution is 0.282. The Kier molecular flexibility index (Phi) is 3.93. The van der Waals surface area contributed by atoms with Gasteiger partial charge in [-0.25, -0.2) is 8.42 Å². The van der Waals surface area contributed by atoms with E-state index in [1.54, 1.807) is 30.5 Å². The van der Waals surface area contributed by atoms with Gasteiger partial charge in [-0.05, 0) is 42.5 Å². The molecule has 1 heterocycles. The van der Waals surface area contributed by atoms with Crippen molar-refractivity contribution in [1.29, 1.82) is 0 Å². The highest BCUT2D eigenvalue weighted by Gasteiger charge is 2.22. The number of thiophene rings is 1.